The van der Waals surface area contributed by atoms with Gasteiger partial charge in [-0.2, -0.15) is 5.10 Å². The molecule has 0 aliphatic heterocycles. The van der Waals surface area contributed by atoms with Gasteiger partial charge in [-0.1, -0.05) is 19.8 Å². The Morgan fingerprint density at radius 3 is 3.05 bits per heavy atom. The first-order valence-electron chi connectivity index (χ1n) is 7.59. The molecule has 1 fully saturated rings. The number of aromatic nitrogens is 2. The summed E-state index contributed by atoms with van der Waals surface area (Å²) in [5.41, 5.74) is 0. The quantitative estimate of drug-likeness (QED) is 0.940. The zero-order chi connectivity index (χ0) is 14.7. The van der Waals surface area contributed by atoms with Gasteiger partial charge in [-0.3, -0.25) is 9.48 Å². The second-order valence-corrected chi connectivity index (χ2v) is 5.81. The van der Waals surface area contributed by atoms with Gasteiger partial charge in [0.15, 0.2) is 5.76 Å². The molecule has 0 saturated heterocycles. The topological polar surface area (TPSA) is 60.1 Å². The highest BCUT2D eigenvalue weighted by atomic mass is 16.4. The Balaban J connectivity index is 1.61. The first-order chi connectivity index (χ1) is 10.2. The van der Waals surface area contributed by atoms with Crippen LogP contribution in [0.3, 0.4) is 0 Å². The average Bonchev–Trinajstić information content (AvgIpc) is 3.13. The highest BCUT2D eigenvalue weighted by Crippen LogP contribution is 2.24. The van der Waals surface area contributed by atoms with Gasteiger partial charge < -0.3 is 9.73 Å². The minimum absolute atomic E-state index is 0.111. The molecule has 2 aromatic rings. The lowest BCUT2D eigenvalue weighted by atomic mass is 9.86. The Kier molecular flexibility index (Phi) is 4.08. The number of carbonyl (C=O) groups is 1. The highest BCUT2D eigenvalue weighted by Gasteiger charge is 2.24. The third kappa shape index (κ3) is 3.35. The average molecular weight is 287 g/mol. The second-order valence-electron chi connectivity index (χ2n) is 5.81. The molecule has 2 atom stereocenters. The van der Waals surface area contributed by atoms with Gasteiger partial charge in [-0.15, -0.1) is 0 Å². The number of nitrogens with zero attached hydrogens (tertiary/aromatic N) is 2. The van der Waals surface area contributed by atoms with Gasteiger partial charge >= 0.3 is 0 Å². The Labute approximate surface area is 124 Å². The summed E-state index contributed by atoms with van der Waals surface area (Å²) in [6.45, 7) is 2.75. The number of furan rings is 1. The van der Waals surface area contributed by atoms with E-state index < -0.39 is 0 Å². The van der Waals surface area contributed by atoms with Gasteiger partial charge in [0, 0.05) is 18.4 Å². The second kappa shape index (κ2) is 6.16. The minimum atomic E-state index is -0.111. The van der Waals surface area contributed by atoms with E-state index in [1.54, 1.807) is 16.9 Å². The van der Waals surface area contributed by atoms with E-state index in [2.05, 4.69) is 17.3 Å². The molecule has 5 nitrogen and oxygen atoms in total. The zero-order valence-electron chi connectivity index (χ0n) is 12.3. The van der Waals surface area contributed by atoms with Crippen molar-refractivity contribution in [3.05, 3.63) is 42.1 Å². The van der Waals surface area contributed by atoms with E-state index in [-0.39, 0.29) is 11.9 Å². The summed E-state index contributed by atoms with van der Waals surface area (Å²) in [5, 5.41) is 7.23. The summed E-state index contributed by atoms with van der Waals surface area (Å²) < 4.78 is 7.39. The molecular weight excluding hydrogens is 266 g/mol. The van der Waals surface area contributed by atoms with Crippen molar-refractivity contribution in [2.75, 3.05) is 0 Å². The maximum absolute atomic E-state index is 12.2. The number of hydrogen-bond acceptors (Lipinski definition) is 3. The Hall–Kier alpha value is -2.04. The summed E-state index contributed by atoms with van der Waals surface area (Å²) in [7, 11) is 0. The van der Waals surface area contributed by atoms with Crippen LogP contribution in [-0.4, -0.2) is 21.7 Å². The lowest BCUT2D eigenvalue weighted by molar-refractivity contribution is 0.0880. The van der Waals surface area contributed by atoms with Crippen LogP contribution in [0.25, 0.3) is 0 Å². The number of hydrogen-bond donors (Lipinski definition) is 1. The number of amides is 1. The van der Waals surface area contributed by atoms with Gasteiger partial charge in [-0.05, 0) is 37.0 Å². The molecule has 2 aromatic heterocycles. The fourth-order valence-corrected chi connectivity index (χ4v) is 2.91. The van der Waals surface area contributed by atoms with Crippen LogP contribution in [-0.2, 0) is 6.54 Å². The molecular formula is C16H21N3O2. The van der Waals surface area contributed by atoms with E-state index in [0.717, 1.165) is 12.2 Å². The molecule has 3 rings (SSSR count). The Morgan fingerprint density at radius 1 is 1.43 bits per heavy atom. The Bertz CT molecular complexity index is 588. The predicted molar refractivity (Wildman–Crippen MR) is 78.9 cm³/mol. The van der Waals surface area contributed by atoms with E-state index in [4.69, 9.17) is 4.42 Å². The summed E-state index contributed by atoms with van der Waals surface area (Å²) in [6, 6.07) is 5.70. The molecule has 0 spiro atoms. The van der Waals surface area contributed by atoms with Crippen LogP contribution in [0.2, 0.25) is 0 Å². The van der Waals surface area contributed by atoms with Crippen LogP contribution < -0.4 is 5.32 Å². The van der Waals surface area contributed by atoms with Crippen molar-refractivity contribution < 1.29 is 9.21 Å². The maximum Gasteiger partial charge on any atom is 0.287 e. The first-order valence-corrected chi connectivity index (χ1v) is 7.59. The molecule has 0 bridgehead atoms. The molecule has 0 radical (unpaired) electrons. The van der Waals surface area contributed by atoms with Crippen molar-refractivity contribution in [2.45, 2.75) is 45.2 Å². The lowest BCUT2D eigenvalue weighted by Crippen LogP contribution is -2.40. The van der Waals surface area contributed by atoms with Crippen molar-refractivity contribution >= 4 is 5.91 Å². The molecule has 112 valence electrons. The third-order valence-electron chi connectivity index (χ3n) is 4.19. The number of carbonyl (C=O) groups excluding carboxylic acids is 1. The van der Waals surface area contributed by atoms with Crippen LogP contribution in [0.15, 0.2) is 35.0 Å². The van der Waals surface area contributed by atoms with Crippen LogP contribution >= 0.6 is 0 Å². The lowest BCUT2D eigenvalue weighted by Gasteiger charge is -2.29. The Morgan fingerprint density at radius 2 is 2.29 bits per heavy atom. The monoisotopic (exact) mass is 287 g/mol. The molecule has 2 heterocycles. The van der Waals surface area contributed by atoms with Crippen LogP contribution in [0.1, 0.15) is 48.9 Å². The number of nitrogens with one attached hydrogen (secondary N) is 1. The minimum Gasteiger partial charge on any atom is -0.454 e. The van der Waals surface area contributed by atoms with Gasteiger partial charge in [0.1, 0.15) is 5.76 Å². The van der Waals surface area contributed by atoms with E-state index >= 15 is 0 Å². The first kappa shape index (κ1) is 13.9. The summed E-state index contributed by atoms with van der Waals surface area (Å²) in [6.07, 6.45) is 8.30. The van der Waals surface area contributed by atoms with E-state index in [9.17, 15) is 4.79 Å². The van der Waals surface area contributed by atoms with Gasteiger partial charge in [0.05, 0.1) is 6.54 Å². The maximum atomic E-state index is 12.2. The normalized spacial score (nSPS) is 22.1. The molecule has 1 aliphatic rings. The van der Waals surface area contributed by atoms with Crippen LogP contribution in [0.4, 0.5) is 0 Å². The molecule has 1 N–H and O–H groups in total. The van der Waals surface area contributed by atoms with Gasteiger partial charge in [0.25, 0.3) is 5.91 Å². The predicted octanol–water partition coefficient (Wildman–Crippen LogP) is 2.83. The summed E-state index contributed by atoms with van der Waals surface area (Å²) in [4.78, 5) is 12.2. The molecule has 1 aliphatic carbocycles. The third-order valence-corrected chi connectivity index (χ3v) is 4.19. The van der Waals surface area contributed by atoms with Crippen molar-refractivity contribution in [3.8, 4) is 0 Å². The molecule has 0 unspecified atom stereocenters. The van der Waals surface area contributed by atoms with E-state index in [1.807, 2.05) is 18.3 Å². The van der Waals surface area contributed by atoms with Crippen LogP contribution in [0.5, 0.6) is 0 Å². The largest absolute Gasteiger partial charge is 0.454 e. The molecule has 0 aromatic carbocycles. The van der Waals surface area contributed by atoms with Crippen molar-refractivity contribution in [2.24, 2.45) is 5.92 Å². The molecule has 21 heavy (non-hydrogen) atoms. The van der Waals surface area contributed by atoms with Crippen molar-refractivity contribution in [1.82, 2.24) is 15.1 Å². The fourth-order valence-electron chi connectivity index (χ4n) is 2.91. The molecule has 1 saturated carbocycles. The smallest absolute Gasteiger partial charge is 0.287 e. The number of rotatable bonds is 4. The van der Waals surface area contributed by atoms with Crippen LogP contribution in [0, 0.1) is 5.92 Å². The summed E-state index contributed by atoms with van der Waals surface area (Å²) >= 11 is 0. The van der Waals surface area contributed by atoms with Gasteiger partial charge in [0.2, 0.25) is 0 Å². The van der Waals surface area contributed by atoms with E-state index in [1.165, 1.54) is 19.3 Å². The standard InChI is InChI=1S/C16H21N3O2/c1-12-5-2-3-6-14(12)18-16(20)15-8-7-13(21-15)11-19-10-4-9-17-19/h4,7-10,12,14H,2-3,5-6,11H2,1H3,(H,18,20)/t12-,14+/m1/s1. The summed E-state index contributed by atoms with van der Waals surface area (Å²) in [5.74, 6) is 1.55. The molecule has 1 amide bonds. The SMILES string of the molecule is C[C@@H]1CCCC[C@@H]1NC(=O)c1ccc(Cn2cccn2)o1. The molecule has 5 heteroatoms. The van der Waals surface area contributed by atoms with E-state index in [0.29, 0.717) is 18.2 Å². The highest BCUT2D eigenvalue weighted by molar-refractivity contribution is 5.91. The van der Waals surface area contributed by atoms with Gasteiger partial charge in [-0.25, -0.2) is 0 Å². The zero-order valence-corrected chi connectivity index (χ0v) is 12.3. The fraction of sp³-hybridized carbons (Fsp3) is 0.500. The van der Waals surface area contributed by atoms with Crippen molar-refractivity contribution in [1.29, 1.82) is 0 Å². The van der Waals surface area contributed by atoms with Crippen molar-refractivity contribution in [3.63, 3.8) is 0 Å².